The molecule has 0 aliphatic carbocycles. The fourth-order valence-corrected chi connectivity index (χ4v) is 5.47. The molecule has 9 heteroatoms. The monoisotopic (exact) mass is 482 g/mol. The van der Waals surface area contributed by atoms with Gasteiger partial charge in [-0.25, -0.2) is 23.5 Å². The van der Waals surface area contributed by atoms with Crippen LogP contribution in [0.3, 0.4) is 0 Å². The van der Waals surface area contributed by atoms with E-state index in [1.165, 1.54) is 23.0 Å². The number of nitrogens with zero attached hydrogens (tertiary/aromatic N) is 3. The fraction of sp³-hybridized carbons (Fsp3) is 0.130. The van der Waals surface area contributed by atoms with E-state index >= 15 is 0 Å². The maximum atomic E-state index is 11.7. The molecule has 1 aromatic heterocycles. The van der Waals surface area contributed by atoms with E-state index in [0.29, 0.717) is 22.1 Å². The molecule has 6 nitrogen and oxygen atoms in total. The molecular weight excluding hydrogens is 464 g/mol. The van der Waals surface area contributed by atoms with Gasteiger partial charge in [-0.2, -0.15) is 5.10 Å². The lowest BCUT2D eigenvalue weighted by Gasteiger charge is -2.21. The lowest BCUT2D eigenvalue weighted by molar-refractivity contribution is 0.598. The average Bonchev–Trinajstić information content (AvgIpc) is 3.38. The number of hydrogen-bond donors (Lipinski definition) is 1. The van der Waals surface area contributed by atoms with Crippen molar-refractivity contribution in [2.75, 3.05) is 5.01 Å². The third kappa shape index (κ3) is 4.02. The smallest absolute Gasteiger partial charge is 0.231 e. The standard InChI is InChI=1S/C23H19ClN4O2S2/c1-14-2-4-16(5-3-14)21-13-20(15-6-8-17(24)9-7-15)27-28(21)23-26-19-11-10-18(32(25,29)30)12-22(19)31-23/h2-12,21H,13H2,1H3,(H2,25,29,30). The first-order chi connectivity index (χ1) is 15.3. The summed E-state index contributed by atoms with van der Waals surface area (Å²) in [5, 5.41) is 13.5. The van der Waals surface area contributed by atoms with Gasteiger partial charge in [0.15, 0.2) is 0 Å². The van der Waals surface area contributed by atoms with Gasteiger partial charge in [0.2, 0.25) is 15.2 Å². The molecule has 0 spiro atoms. The molecule has 32 heavy (non-hydrogen) atoms. The molecule has 3 aromatic carbocycles. The van der Waals surface area contributed by atoms with Gasteiger partial charge >= 0.3 is 0 Å². The average molecular weight is 483 g/mol. The predicted octanol–water partition coefficient (Wildman–Crippen LogP) is 5.26. The summed E-state index contributed by atoms with van der Waals surface area (Å²) >= 11 is 7.45. The van der Waals surface area contributed by atoms with Crippen LogP contribution >= 0.6 is 22.9 Å². The van der Waals surface area contributed by atoms with E-state index in [0.717, 1.165) is 21.5 Å². The van der Waals surface area contributed by atoms with Crippen molar-refractivity contribution in [2.24, 2.45) is 10.2 Å². The van der Waals surface area contributed by atoms with E-state index in [4.69, 9.17) is 26.8 Å². The first kappa shape index (κ1) is 21.1. The highest BCUT2D eigenvalue weighted by Gasteiger charge is 2.32. The number of hydrogen-bond acceptors (Lipinski definition) is 6. The van der Waals surface area contributed by atoms with Gasteiger partial charge in [0.1, 0.15) is 0 Å². The molecular formula is C23H19ClN4O2S2. The Bertz CT molecular complexity index is 1450. The minimum atomic E-state index is -3.78. The molecule has 1 aliphatic rings. The molecule has 4 aromatic rings. The number of sulfonamides is 1. The fourth-order valence-electron chi connectivity index (χ4n) is 3.72. The van der Waals surface area contributed by atoms with Crippen LogP contribution in [0.5, 0.6) is 0 Å². The van der Waals surface area contributed by atoms with Crippen molar-refractivity contribution in [3.63, 3.8) is 0 Å². The van der Waals surface area contributed by atoms with E-state index < -0.39 is 10.0 Å². The van der Waals surface area contributed by atoms with Gasteiger partial charge in [-0.15, -0.1) is 0 Å². The number of nitrogens with two attached hydrogens (primary N) is 1. The number of anilines is 1. The Labute approximate surface area is 195 Å². The Morgan fingerprint density at radius 3 is 2.47 bits per heavy atom. The van der Waals surface area contributed by atoms with E-state index in [2.05, 4.69) is 31.2 Å². The Morgan fingerprint density at radius 2 is 1.78 bits per heavy atom. The molecule has 1 unspecified atom stereocenters. The van der Waals surface area contributed by atoms with Crippen molar-refractivity contribution in [3.05, 3.63) is 88.4 Å². The molecule has 0 fully saturated rings. The number of rotatable bonds is 4. The molecule has 1 atom stereocenters. The second-order valence-corrected chi connectivity index (χ2v) is 10.7. The third-order valence-electron chi connectivity index (χ3n) is 5.42. The van der Waals surface area contributed by atoms with Crippen LogP contribution in [0, 0.1) is 6.92 Å². The summed E-state index contributed by atoms with van der Waals surface area (Å²) in [5.74, 6) is 0. The molecule has 5 rings (SSSR count). The summed E-state index contributed by atoms with van der Waals surface area (Å²) in [6.07, 6.45) is 0.711. The van der Waals surface area contributed by atoms with E-state index in [-0.39, 0.29) is 10.9 Å². The minimum absolute atomic E-state index is 0.0282. The zero-order valence-corrected chi connectivity index (χ0v) is 19.5. The number of primary sulfonamides is 1. The Hall–Kier alpha value is -2.78. The topological polar surface area (TPSA) is 88.7 Å². The number of thiazole rings is 1. The van der Waals surface area contributed by atoms with Crippen LogP contribution in [0.4, 0.5) is 5.13 Å². The van der Waals surface area contributed by atoms with Crippen molar-refractivity contribution in [3.8, 4) is 0 Å². The summed E-state index contributed by atoms with van der Waals surface area (Å²) in [4.78, 5) is 4.81. The maximum Gasteiger partial charge on any atom is 0.238 e. The van der Waals surface area contributed by atoms with Crippen LogP contribution in [0.25, 0.3) is 10.2 Å². The summed E-state index contributed by atoms with van der Waals surface area (Å²) in [5.41, 5.74) is 4.97. The first-order valence-corrected chi connectivity index (χ1v) is 12.6. The van der Waals surface area contributed by atoms with Crippen LogP contribution < -0.4 is 10.1 Å². The predicted molar refractivity (Wildman–Crippen MR) is 130 cm³/mol. The number of fused-ring (bicyclic) bond motifs is 1. The second-order valence-electron chi connectivity index (χ2n) is 7.70. The second kappa shape index (κ2) is 7.97. The highest BCUT2D eigenvalue weighted by molar-refractivity contribution is 7.89. The van der Waals surface area contributed by atoms with Crippen molar-refractivity contribution in [1.82, 2.24) is 4.98 Å². The first-order valence-electron chi connectivity index (χ1n) is 9.90. The van der Waals surface area contributed by atoms with E-state index in [9.17, 15) is 8.42 Å². The Morgan fingerprint density at radius 1 is 1.06 bits per heavy atom. The molecule has 2 heterocycles. The molecule has 0 bridgehead atoms. The van der Waals surface area contributed by atoms with Gasteiger partial charge in [-0.1, -0.05) is 64.9 Å². The maximum absolute atomic E-state index is 11.7. The lowest BCUT2D eigenvalue weighted by atomic mass is 9.98. The highest BCUT2D eigenvalue weighted by Crippen LogP contribution is 2.40. The van der Waals surface area contributed by atoms with Gasteiger partial charge in [0.25, 0.3) is 0 Å². The van der Waals surface area contributed by atoms with Crippen molar-refractivity contribution in [1.29, 1.82) is 0 Å². The molecule has 0 saturated heterocycles. The van der Waals surface area contributed by atoms with Gasteiger partial charge in [0, 0.05) is 11.4 Å². The summed E-state index contributed by atoms with van der Waals surface area (Å²) < 4.78 is 24.2. The molecule has 162 valence electrons. The largest absolute Gasteiger partial charge is 0.238 e. The van der Waals surface area contributed by atoms with Gasteiger partial charge < -0.3 is 0 Å². The molecule has 0 radical (unpaired) electrons. The van der Waals surface area contributed by atoms with Gasteiger partial charge in [-0.3, -0.25) is 0 Å². The minimum Gasteiger partial charge on any atom is -0.231 e. The van der Waals surface area contributed by atoms with Crippen molar-refractivity contribution >= 4 is 54.0 Å². The quantitative estimate of drug-likeness (QED) is 0.429. The van der Waals surface area contributed by atoms with Gasteiger partial charge in [0.05, 0.1) is 26.9 Å². The zero-order chi connectivity index (χ0) is 22.5. The summed E-state index contributed by atoms with van der Waals surface area (Å²) in [6, 6.07) is 20.7. The van der Waals surface area contributed by atoms with Crippen LogP contribution in [0.15, 0.2) is 76.7 Å². The molecule has 0 saturated carbocycles. The number of hydrazone groups is 1. The number of aryl methyl sites for hydroxylation is 1. The number of benzene rings is 3. The van der Waals surface area contributed by atoms with Crippen LogP contribution in [0.2, 0.25) is 5.02 Å². The van der Waals surface area contributed by atoms with Crippen LogP contribution in [0.1, 0.15) is 29.2 Å². The Kier molecular flexibility index (Phi) is 5.25. The SMILES string of the molecule is Cc1ccc(C2CC(c3ccc(Cl)cc3)=NN2c2nc3ccc(S(N)(=O)=O)cc3s2)cc1. The summed E-state index contributed by atoms with van der Waals surface area (Å²) in [7, 11) is -3.78. The van der Waals surface area contributed by atoms with Gasteiger partial charge in [-0.05, 0) is 48.4 Å². The van der Waals surface area contributed by atoms with Crippen LogP contribution in [-0.2, 0) is 10.0 Å². The van der Waals surface area contributed by atoms with Crippen LogP contribution in [-0.4, -0.2) is 19.1 Å². The third-order valence-corrected chi connectivity index (χ3v) is 7.59. The van der Waals surface area contributed by atoms with Crippen molar-refractivity contribution < 1.29 is 8.42 Å². The van der Waals surface area contributed by atoms with E-state index in [1.807, 2.05) is 29.3 Å². The molecule has 1 aliphatic heterocycles. The lowest BCUT2D eigenvalue weighted by Crippen LogP contribution is -2.18. The number of aromatic nitrogens is 1. The van der Waals surface area contributed by atoms with Crippen molar-refractivity contribution in [2.45, 2.75) is 24.3 Å². The highest BCUT2D eigenvalue weighted by atomic mass is 35.5. The molecule has 2 N–H and O–H groups in total. The molecule has 0 amide bonds. The van der Waals surface area contributed by atoms with E-state index in [1.54, 1.807) is 12.1 Å². The number of halogens is 1. The summed E-state index contributed by atoms with van der Waals surface area (Å²) in [6.45, 7) is 2.06. The zero-order valence-electron chi connectivity index (χ0n) is 17.1. The Balaban J connectivity index is 1.60. The normalized spacial score (nSPS) is 16.5.